The van der Waals surface area contributed by atoms with Crippen molar-refractivity contribution in [2.24, 2.45) is 0 Å². The van der Waals surface area contributed by atoms with Crippen molar-refractivity contribution in [3.05, 3.63) is 35.9 Å². The molecular formula is C16H24N2O2S. The quantitative estimate of drug-likeness (QED) is 0.637. The highest BCUT2D eigenvalue weighted by atomic mass is 32.2. The average Bonchev–Trinajstić information content (AvgIpc) is 2.46. The van der Waals surface area contributed by atoms with Crippen molar-refractivity contribution in [3.8, 4) is 6.07 Å². The third kappa shape index (κ3) is 9.22. The molecule has 0 bridgehead atoms. The van der Waals surface area contributed by atoms with Crippen molar-refractivity contribution in [1.82, 2.24) is 4.72 Å². The van der Waals surface area contributed by atoms with Gasteiger partial charge in [0, 0.05) is 13.0 Å². The second kappa shape index (κ2) is 10.4. The van der Waals surface area contributed by atoms with Crippen LogP contribution in [-0.2, 0) is 15.8 Å². The van der Waals surface area contributed by atoms with Gasteiger partial charge in [-0.3, -0.25) is 0 Å². The second-order valence-corrected chi connectivity index (χ2v) is 6.98. The Kier molecular flexibility index (Phi) is 8.72. The molecular weight excluding hydrogens is 284 g/mol. The van der Waals surface area contributed by atoms with Crippen LogP contribution in [0.25, 0.3) is 0 Å². The lowest BCUT2D eigenvalue weighted by Crippen LogP contribution is -2.26. The maximum Gasteiger partial charge on any atom is 0.215 e. The molecule has 1 N–H and O–H groups in total. The highest BCUT2D eigenvalue weighted by molar-refractivity contribution is 7.88. The van der Waals surface area contributed by atoms with Crippen molar-refractivity contribution in [3.63, 3.8) is 0 Å². The number of rotatable bonds is 11. The number of sulfonamides is 1. The number of benzene rings is 1. The van der Waals surface area contributed by atoms with Gasteiger partial charge in [0.2, 0.25) is 10.0 Å². The average molecular weight is 308 g/mol. The van der Waals surface area contributed by atoms with Gasteiger partial charge in [-0.25, -0.2) is 13.1 Å². The van der Waals surface area contributed by atoms with Gasteiger partial charge >= 0.3 is 0 Å². The summed E-state index contributed by atoms with van der Waals surface area (Å²) in [5, 5.41) is 8.41. The molecule has 0 heterocycles. The Morgan fingerprint density at radius 1 is 0.952 bits per heavy atom. The molecule has 0 unspecified atom stereocenters. The lowest BCUT2D eigenvalue weighted by atomic mass is 10.1. The Bertz CT molecular complexity index is 521. The monoisotopic (exact) mass is 308 g/mol. The first-order valence-electron chi connectivity index (χ1n) is 7.52. The molecule has 116 valence electrons. The minimum Gasteiger partial charge on any atom is -0.215 e. The predicted molar refractivity (Wildman–Crippen MR) is 85.0 cm³/mol. The van der Waals surface area contributed by atoms with Crippen LogP contribution in [0.4, 0.5) is 0 Å². The Balaban J connectivity index is 2.08. The SMILES string of the molecule is N#CCCCCCCCCNS(=O)(=O)Cc1ccccc1. The number of nitrogens with one attached hydrogen (secondary N) is 1. The highest BCUT2D eigenvalue weighted by Crippen LogP contribution is 2.07. The third-order valence-electron chi connectivity index (χ3n) is 3.24. The van der Waals surface area contributed by atoms with Gasteiger partial charge < -0.3 is 0 Å². The summed E-state index contributed by atoms with van der Waals surface area (Å²) in [5.74, 6) is 0.0437. The van der Waals surface area contributed by atoms with E-state index in [1.54, 1.807) is 0 Å². The molecule has 0 fully saturated rings. The van der Waals surface area contributed by atoms with Crippen LogP contribution in [0.5, 0.6) is 0 Å². The minimum atomic E-state index is -3.23. The summed E-state index contributed by atoms with van der Waals surface area (Å²) in [6.45, 7) is 0.507. The van der Waals surface area contributed by atoms with Gasteiger partial charge in [-0.15, -0.1) is 0 Å². The van der Waals surface area contributed by atoms with E-state index in [0.29, 0.717) is 13.0 Å². The fraction of sp³-hybridized carbons (Fsp3) is 0.562. The van der Waals surface area contributed by atoms with E-state index in [4.69, 9.17) is 5.26 Å². The maximum absolute atomic E-state index is 11.9. The van der Waals surface area contributed by atoms with E-state index < -0.39 is 10.0 Å². The summed E-state index contributed by atoms with van der Waals surface area (Å²) >= 11 is 0. The molecule has 0 aromatic heterocycles. The Morgan fingerprint density at radius 2 is 1.57 bits per heavy atom. The van der Waals surface area contributed by atoms with Crippen LogP contribution in [-0.4, -0.2) is 15.0 Å². The molecule has 4 nitrogen and oxygen atoms in total. The van der Waals surface area contributed by atoms with Crippen LogP contribution in [0, 0.1) is 11.3 Å². The van der Waals surface area contributed by atoms with Crippen molar-refractivity contribution in [2.45, 2.75) is 50.7 Å². The summed E-state index contributed by atoms with van der Waals surface area (Å²) in [4.78, 5) is 0. The Morgan fingerprint density at radius 3 is 2.24 bits per heavy atom. The molecule has 0 aliphatic heterocycles. The van der Waals surface area contributed by atoms with E-state index in [0.717, 1.165) is 44.1 Å². The molecule has 1 aromatic carbocycles. The minimum absolute atomic E-state index is 0.0437. The highest BCUT2D eigenvalue weighted by Gasteiger charge is 2.09. The van der Waals surface area contributed by atoms with Crippen LogP contribution in [0.2, 0.25) is 0 Å². The van der Waals surface area contributed by atoms with Crippen LogP contribution < -0.4 is 4.72 Å². The molecule has 0 spiro atoms. The largest absolute Gasteiger partial charge is 0.215 e. The van der Waals surface area contributed by atoms with Gasteiger partial charge in [0.05, 0.1) is 11.8 Å². The zero-order valence-corrected chi connectivity index (χ0v) is 13.2. The van der Waals surface area contributed by atoms with E-state index in [9.17, 15) is 8.42 Å². The molecule has 0 saturated carbocycles. The maximum atomic E-state index is 11.9. The van der Waals surface area contributed by atoms with E-state index in [1.165, 1.54) is 0 Å². The van der Waals surface area contributed by atoms with E-state index in [-0.39, 0.29) is 5.75 Å². The smallest absolute Gasteiger partial charge is 0.215 e. The molecule has 0 radical (unpaired) electrons. The first-order chi connectivity index (χ1) is 10.1. The molecule has 0 saturated heterocycles. The second-order valence-electron chi connectivity index (χ2n) is 5.17. The van der Waals surface area contributed by atoms with E-state index >= 15 is 0 Å². The summed E-state index contributed by atoms with van der Waals surface area (Å²) in [6, 6.07) is 11.3. The summed E-state index contributed by atoms with van der Waals surface area (Å²) < 4.78 is 26.4. The van der Waals surface area contributed by atoms with E-state index in [1.807, 2.05) is 30.3 Å². The topological polar surface area (TPSA) is 70.0 Å². The van der Waals surface area contributed by atoms with Crippen LogP contribution >= 0.6 is 0 Å². The lowest BCUT2D eigenvalue weighted by Gasteiger charge is -2.06. The van der Waals surface area contributed by atoms with Gasteiger partial charge in [-0.1, -0.05) is 56.0 Å². The third-order valence-corrected chi connectivity index (χ3v) is 4.59. The summed E-state index contributed by atoms with van der Waals surface area (Å²) in [7, 11) is -3.23. The van der Waals surface area contributed by atoms with Gasteiger partial charge in [0.15, 0.2) is 0 Å². The lowest BCUT2D eigenvalue weighted by molar-refractivity contribution is 0.565. The van der Waals surface area contributed by atoms with Gasteiger partial charge in [0.25, 0.3) is 0 Å². The van der Waals surface area contributed by atoms with Crippen LogP contribution in [0.3, 0.4) is 0 Å². The zero-order chi connectivity index (χ0) is 15.4. The number of hydrogen-bond acceptors (Lipinski definition) is 3. The Labute approximate surface area is 128 Å². The summed E-state index contributed by atoms with van der Waals surface area (Å²) in [5.41, 5.74) is 0.808. The van der Waals surface area contributed by atoms with Gasteiger partial charge in [0.1, 0.15) is 0 Å². The van der Waals surface area contributed by atoms with Gasteiger partial charge in [-0.05, 0) is 18.4 Å². The first kappa shape index (κ1) is 17.7. The van der Waals surface area contributed by atoms with Crippen molar-refractivity contribution in [2.75, 3.05) is 6.54 Å². The summed E-state index contributed by atoms with van der Waals surface area (Å²) in [6.07, 6.45) is 6.82. The van der Waals surface area contributed by atoms with Crippen molar-refractivity contribution < 1.29 is 8.42 Å². The van der Waals surface area contributed by atoms with Crippen molar-refractivity contribution >= 4 is 10.0 Å². The molecule has 0 atom stereocenters. The number of nitriles is 1. The number of unbranched alkanes of at least 4 members (excludes halogenated alkanes) is 6. The van der Waals surface area contributed by atoms with Crippen molar-refractivity contribution in [1.29, 1.82) is 5.26 Å². The number of nitrogens with zero attached hydrogens (tertiary/aromatic N) is 1. The molecule has 21 heavy (non-hydrogen) atoms. The van der Waals surface area contributed by atoms with Gasteiger partial charge in [-0.2, -0.15) is 5.26 Å². The van der Waals surface area contributed by atoms with Crippen LogP contribution in [0.1, 0.15) is 50.5 Å². The Hall–Kier alpha value is -1.38. The first-order valence-corrected chi connectivity index (χ1v) is 9.17. The molecule has 0 aliphatic carbocycles. The molecule has 1 aromatic rings. The van der Waals surface area contributed by atoms with E-state index in [2.05, 4.69) is 10.8 Å². The zero-order valence-electron chi connectivity index (χ0n) is 12.4. The molecule has 0 amide bonds. The molecule has 0 aliphatic rings. The standard InChI is InChI=1S/C16H24N2O2S/c17-13-9-4-2-1-3-5-10-14-18-21(19,20)15-16-11-7-6-8-12-16/h6-8,11-12,18H,1-5,9-10,14-15H2. The molecule has 1 rings (SSSR count). The fourth-order valence-corrected chi connectivity index (χ4v) is 3.30. The number of hydrogen-bond donors (Lipinski definition) is 1. The fourth-order valence-electron chi connectivity index (χ4n) is 2.11. The predicted octanol–water partition coefficient (Wildman–Crippen LogP) is 3.36. The van der Waals surface area contributed by atoms with Crippen LogP contribution in [0.15, 0.2) is 30.3 Å². The molecule has 5 heteroatoms. The normalized spacial score (nSPS) is 11.2.